The Kier molecular flexibility index (Phi) is 5.74. The fraction of sp³-hybridized carbons (Fsp3) is 0.333. The first-order valence-corrected chi connectivity index (χ1v) is 5.43. The fourth-order valence-electron chi connectivity index (χ4n) is 0.327. The van der Waals surface area contributed by atoms with Crippen LogP contribution >= 0.6 is 18.5 Å². The summed E-state index contributed by atoms with van der Waals surface area (Å²) in [6.07, 6.45) is 2.95. The largest absolute Gasteiger partial charge is 0.522 e. The maximum Gasteiger partial charge on any atom is 0.522 e. The highest BCUT2D eigenvalue weighted by Gasteiger charge is 2.38. The summed E-state index contributed by atoms with van der Waals surface area (Å²) in [6.45, 7) is 7.13. The van der Waals surface area contributed by atoms with E-state index in [0.29, 0.717) is 0 Å². The second-order valence-electron chi connectivity index (χ2n) is 1.62. The highest BCUT2D eigenvalue weighted by molar-refractivity contribution is 7.86. The molecule has 5 heteroatoms. The zero-order valence-corrected chi connectivity index (χ0v) is 7.72. The first-order chi connectivity index (χ1) is 5.12. The molecule has 0 fully saturated rings. The molecule has 0 rings (SSSR count). The fourth-order valence-corrected chi connectivity index (χ4v) is 1.32. The molecule has 0 amide bonds. The molecule has 0 heterocycles. The van der Waals surface area contributed by atoms with Crippen LogP contribution in [0, 0.1) is 0 Å². The lowest BCUT2D eigenvalue weighted by atomic mass is 10.7. The van der Waals surface area contributed by atoms with Crippen LogP contribution in [0.4, 0.5) is 0 Å². The van der Waals surface area contributed by atoms with E-state index in [2.05, 4.69) is 13.2 Å². The van der Waals surface area contributed by atoms with Crippen LogP contribution in [0.3, 0.4) is 0 Å². The molecule has 0 aliphatic rings. The third-order valence-electron chi connectivity index (χ3n) is 0.703. The van der Waals surface area contributed by atoms with E-state index in [1.165, 1.54) is 12.2 Å². The zero-order chi connectivity index (χ0) is 8.74. The summed E-state index contributed by atoms with van der Waals surface area (Å²) in [5, 5.41) is 0. The van der Waals surface area contributed by atoms with Crippen LogP contribution in [0.15, 0.2) is 25.3 Å². The van der Waals surface area contributed by atoms with Crippen molar-refractivity contribution in [1.82, 2.24) is 0 Å². The highest BCUT2D eigenvalue weighted by Crippen LogP contribution is 2.61. The second kappa shape index (κ2) is 5.70. The maximum atomic E-state index is 9.11. The van der Waals surface area contributed by atoms with Gasteiger partial charge in [-0.15, -0.1) is 13.2 Å². The van der Waals surface area contributed by atoms with E-state index in [9.17, 15) is 0 Å². The van der Waals surface area contributed by atoms with E-state index in [-0.39, 0.29) is 13.2 Å². The molecule has 0 bridgehead atoms. The summed E-state index contributed by atoms with van der Waals surface area (Å²) in [5.41, 5.74) is 0. The molecule has 3 nitrogen and oxygen atoms in total. The minimum atomic E-state index is -3.15. The van der Waals surface area contributed by atoms with Gasteiger partial charge >= 0.3 is 7.30 Å². The van der Waals surface area contributed by atoms with E-state index >= 15 is 0 Å². The molecule has 0 aromatic heterocycles. The van der Waals surface area contributed by atoms with E-state index in [1.54, 1.807) is 0 Å². The summed E-state index contributed by atoms with van der Waals surface area (Å²) < 4.78 is 9.45. The lowest BCUT2D eigenvalue weighted by Gasteiger charge is -2.05. The van der Waals surface area contributed by atoms with Gasteiger partial charge in [-0.25, -0.2) is 0 Å². The van der Waals surface area contributed by atoms with Crippen molar-refractivity contribution in [2.45, 2.75) is 0 Å². The lowest BCUT2D eigenvalue weighted by molar-refractivity contribution is 0.223. The van der Waals surface area contributed by atoms with Crippen molar-refractivity contribution >= 4 is 18.5 Å². The van der Waals surface area contributed by atoms with Crippen LogP contribution in [-0.2, 0) is 9.05 Å². The van der Waals surface area contributed by atoms with E-state index in [4.69, 9.17) is 25.2 Å². The molecular formula is C6H11ClO3P+. The van der Waals surface area contributed by atoms with Gasteiger partial charge in [0.25, 0.3) is 0 Å². The van der Waals surface area contributed by atoms with E-state index < -0.39 is 7.30 Å². The maximum absolute atomic E-state index is 9.11. The Labute approximate surface area is 71.6 Å². The Morgan fingerprint density at radius 3 is 1.91 bits per heavy atom. The Morgan fingerprint density at radius 1 is 1.27 bits per heavy atom. The number of rotatable bonds is 6. The van der Waals surface area contributed by atoms with E-state index in [0.717, 1.165) is 0 Å². The molecule has 0 saturated carbocycles. The quantitative estimate of drug-likeness (QED) is 0.525. The van der Waals surface area contributed by atoms with Crippen molar-refractivity contribution in [2.75, 3.05) is 13.2 Å². The van der Waals surface area contributed by atoms with Crippen LogP contribution in [0.5, 0.6) is 0 Å². The highest BCUT2D eigenvalue weighted by atomic mass is 35.7. The van der Waals surface area contributed by atoms with Crippen molar-refractivity contribution in [3.8, 4) is 0 Å². The summed E-state index contributed by atoms with van der Waals surface area (Å²) in [7, 11) is -3.15. The van der Waals surface area contributed by atoms with Crippen LogP contribution in [-0.4, -0.2) is 18.1 Å². The molecule has 0 spiro atoms. The third kappa shape index (κ3) is 6.48. The molecule has 0 aliphatic carbocycles. The van der Waals surface area contributed by atoms with Gasteiger partial charge in [-0.05, 0) is 0 Å². The SMILES string of the molecule is C=CCO[P+](O)(Cl)OCC=C. The normalized spacial score (nSPS) is 11.1. The molecule has 0 aromatic carbocycles. The average Bonchev–Trinajstić information content (AvgIpc) is 1.97. The van der Waals surface area contributed by atoms with Crippen molar-refractivity contribution in [3.05, 3.63) is 25.3 Å². The Morgan fingerprint density at radius 2 is 1.64 bits per heavy atom. The number of hydrogen-bond acceptors (Lipinski definition) is 3. The molecule has 64 valence electrons. The van der Waals surface area contributed by atoms with Gasteiger partial charge in [-0.3, -0.25) is 0 Å². The topological polar surface area (TPSA) is 38.7 Å². The smallest absolute Gasteiger partial charge is 0.178 e. The molecule has 0 unspecified atom stereocenters. The lowest BCUT2D eigenvalue weighted by Crippen LogP contribution is -1.96. The molecular weight excluding hydrogens is 186 g/mol. The first kappa shape index (κ1) is 11.1. The average molecular weight is 198 g/mol. The van der Waals surface area contributed by atoms with E-state index in [1.807, 2.05) is 0 Å². The van der Waals surface area contributed by atoms with Crippen molar-refractivity contribution < 1.29 is 13.9 Å². The summed E-state index contributed by atoms with van der Waals surface area (Å²) in [5.74, 6) is 0. The predicted molar refractivity (Wildman–Crippen MR) is 47.3 cm³/mol. The van der Waals surface area contributed by atoms with Crippen LogP contribution < -0.4 is 0 Å². The van der Waals surface area contributed by atoms with Gasteiger partial charge in [0, 0.05) is 0 Å². The van der Waals surface area contributed by atoms with Gasteiger partial charge in [0.05, 0.1) is 0 Å². The Balaban J connectivity index is 3.59. The standard InChI is InChI=1S/C6H11ClO3P/c1-3-5-9-11(7,8)10-6-4-2/h3-4,8H,1-2,5-6H2/q+1. The minimum absolute atomic E-state index is 0.172. The molecule has 11 heavy (non-hydrogen) atoms. The summed E-state index contributed by atoms with van der Waals surface area (Å²) in [6, 6.07) is 0. The predicted octanol–water partition coefficient (Wildman–Crippen LogP) is 2.30. The molecule has 0 aliphatic heterocycles. The van der Waals surface area contributed by atoms with Gasteiger partial charge in [0.2, 0.25) is 0 Å². The molecule has 1 N–H and O–H groups in total. The van der Waals surface area contributed by atoms with Gasteiger partial charge < -0.3 is 0 Å². The van der Waals surface area contributed by atoms with Crippen LogP contribution in [0.2, 0.25) is 0 Å². The number of hydrogen-bond donors (Lipinski definition) is 1. The van der Waals surface area contributed by atoms with Crippen molar-refractivity contribution in [2.24, 2.45) is 0 Å². The minimum Gasteiger partial charge on any atom is -0.178 e. The van der Waals surface area contributed by atoms with Crippen molar-refractivity contribution in [3.63, 3.8) is 0 Å². The van der Waals surface area contributed by atoms with Gasteiger partial charge in [-0.2, -0.15) is 13.9 Å². The summed E-state index contributed by atoms with van der Waals surface area (Å²) in [4.78, 5) is 9.11. The summed E-state index contributed by atoms with van der Waals surface area (Å²) >= 11 is 5.42. The van der Waals surface area contributed by atoms with Crippen LogP contribution in [0.1, 0.15) is 0 Å². The monoisotopic (exact) mass is 197 g/mol. The molecule has 0 aromatic rings. The van der Waals surface area contributed by atoms with Crippen molar-refractivity contribution in [1.29, 1.82) is 0 Å². The zero-order valence-electron chi connectivity index (χ0n) is 6.07. The molecule has 0 saturated heterocycles. The molecule has 0 atom stereocenters. The first-order valence-electron chi connectivity index (χ1n) is 2.94. The molecule has 0 radical (unpaired) electrons. The van der Waals surface area contributed by atoms with Gasteiger partial charge in [0.15, 0.2) is 11.2 Å². The Bertz CT molecular complexity index is 124. The van der Waals surface area contributed by atoms with Crippen LogP contribution in [0.25, 0.3) is 0 Å². The van der Waals surface area contributed by atoms with Gasteiger partial charge in [-0.1, -0.05) is 12.2 Å². The second-order valence-corrected chi connectivity index (χ2v) is 4.32. The third-order valence-corrected chi connectivity index (χ3v) is 2.22. The van der Waals surface area contributed by atoms with Gasteiger partial charge in [0.1, 0.15) is 13.2 Å². The Hall–Kier alpha value is 0.0800. The number of halogens is 1.